The standard InChI is InChI=1S/C5H11NO2/c1-6-3-5(4-7)8-2/h4-6H,3H2,1-2H3. The zero-order chi connectivity index (χ0) is 6.41. The van der Waals surface area contributed by atoms with Crippen LogP contribution in [0.3, 0.4) is 0 Å². The average Bonchev–Trinajstić information content (AvgIpc) is 1.83. The third-order valence-corrected chi connectivity index (χ3v) is 0.860. The molecule has 0 aromatic carbocycles. The van der Waals surface area contributed by atoms with Gasteiger partial charge in [0.15, 0.2) is 0 Å². The summed E-state index contributed by atoms with van der Waals surface area (Å²) in [5.41, 5.74) is 0. The van der Waals surface area contributed by atoms with Crippen LogP contribution in [0.4, 0.5) is 0 Å². The van der Waals surface area contributed by atoms with Gasteiger partial charge in [-0.15, -0.1) is 0 Å². The summed E-state index contributed by atoms with van der Waals surface area (Å²) < 4.78 is 4.71. The molecule has 0 amide bonds. The van der Waals surface area contributed by atoms with Crippen LogP contribution in [-0.2, 0) is 9.53 Å². The maximum atomic E-state index is 9.96. The summed E-state index contributed by atoms with van der Waals surface area (Å²) in [6, 6.07) is 0. The molecule has 0 aliphatic carbocycles. The van der Waals surface area contributed by atoms with Gasteiger partial charge < -0.3 is 14.8 Å². The first-order valence-corrected chi connectivity index (χ1v) is 2.47. The SMILES string of the molecule is CNCC(C=O)OC. The molecule has 1 unspecified atom stereocenters. The molecular formula is C5H11NO2. The van der Waals surface area contributed by atoms with Gasteiger partial charge in [0.05, 0.1) is 0 Å². The van der Waals surface area contributed by atoms with Crippen molar-refractivity contribution in [2.75, 3.05) is 20.7 Å². The van der Waals surface area contributed by atoms with E-state index in [9.17, 15) is 4.79 Å². The van der Waals surface area contributed by atoms with Crippen LogP contribution in [0.15, 0.2) is 0 Å². The molecule has 0 spiro atoms. The highest BCUT2D eigenvalue weighted by atomic mass is 16.5. The second kappa shape index (κ2) is 4.74. The topological polar surface area (TPSA) is 38.3 Å². The van der Waals surface area contributed by atoms with Crippen molar-refractivity contribution in [2.45, 2.75) is 6.10 Å². The Morgan fingerprint density at radius 3 is 2.62 bits per heavy atom. The van der Waals surface area contributed by atoms with E-state index in [0.29, 0.717) is 6.54 Å². The van der Waals surface area contributed by atoms with Gasteiger partial charge in [-0.25, -0.2) is 0 Å². The van der Waals surface area contributed by atoms with Crippen molar-refractivity contribution in [1.29, 1.82) is 0 Å². The molecule has 1 N–H and O–H groups in total. The van der Waals surface area contributed by atoms with E-state index in [0.717, 1.165) is 6.29 Å². The largest absolute Gasteiger partial charge is 0.373 e. The van der Waals surface area contributed by atoms with E-state index in [2.05, 4.69) is 5.32 Å². The van der Waals surface area contributed by atoms with Gasteiger partial charge in [-0.05, 0) is 7.05 Å². The van der Waals surface area contributed by atoms with Gasteiger partial charge in [0.1, 0.15) is 12.4 Å². The molecule has 0 radical (unpaired) electrons. The van der Waals surface area contributed by atoms with Gasteiger partial charge in [0.25, 0.3) is 0 Å². The summed E-state index contributed by atoms with van der Waals surface area (Å²) in [4.78, 5) is 9.96. The maximum Gasteiger partial charge on any atom is 0.150 e. The Morgan fingerprint density at radius 1 is 1.88 bits per heavy atom. The van der Waals surface area contributed by atoms with E-state index >= 15 is 0 Å². The summed E-state index contributed by atoms with van der Waals surface area (Å²) >= 11 is 0. The minimum absolute atomic E-state index is 0.292. The number of methoxy groups -OCH3 is 1. The molecule has 0 rings (SSSR count). The lowest BCUT2D eigenvalue weighted by Gasteiger charge is -2.04. The minimum atomic E-state index is -0.292. The molecule has 0 heterocycles. The monoisotopic (exact) mass is 117 g/mol. The van der Waals surface area contributed by atoms with E-state index in [4.69, 9.17) is 4.74 Å². The Labute approximate surface area is 49.0 Å². The lowest BCUT2D eigenvalue weighted by atomic mass is 10.4. The van der Waals surface area contributed by atoms with E-state index in [-0.39, 0.29) is 6.10 Å². The van der Waals surface area contributed by atoms with Crippen LogP contribution >= 0.6 is 0 Å². The van der Waals surface area contributed by atoms with Crippen molar-refractivity contribution in [1.82, 2.24) is 5.32 Å². The van der Waals surface area contributed by atoms with Crippen LogP contribution < -0.4 is 5.32 Å². The van der Waals surface area contributed by atoms with Crippen LogP contribution in [0.25, 0.3) is 0 Å². The molecule has 0 aliphatic rings. The van der Waals surface area contributed by atoms with E-state index < -0.39 is 0 Å². The molecule has 3 heteroatoms. The number of hydrogen-bond donors (Lipinski definition) is 1. The number of carbonyl (C=O) groups excluding carboxylic acids is 1. The van der Waals surface area contributed by atoms with Crippen molar-refractivity contribution in [3.05, 3.63) is 0 Å². The van der Waals surface area contributed by atoms with Crippen LogP contribution in [-0.4, -0.2) is 33.1 Å². The number of nitrogens with one attached hydrogen (secondary N) is 1. The number of rotatable bonds is 4. The first-order valence-electron chi connectivity index (χ1n) is 2.47. The minimum Gasteiger partial charge on any atom is -0.373 e. The predicted molar refractivity (Wildman–Crippen MR) is 30.8 cm³/mol. The molecule has 0 bridgehead atoms. The molecule has 48 valence electrons. The molecule has 8 heavy (non-hydrogen) atoms. The second-order valence-electron chi connectivity index (χ2n) is 1.47. The van der Waals surface area contributed by atoms with Crippen LogP contribution in [0.1, 0.15) is 0 Å². The summed E-state index contributed by atoms with van der Waals surface area (Å²) in [6.45, 7) is 0.583. The molecule has 0 saturated heterocycles. The number of carbonyl (C=O) groups is 1. The Morgan fingerprint density at radius 2 is 2.50 bits per heavy atom. The van der Waals surface area contributed by atoms with Crippen LogP contribution in [0.5, 0.6) is 0 Å². The van der Waals surface area contributed by atoms with Gasteiger partial charge >= 0.3 is 0 Å². The van der Waals surface area contributed by atoms with Crippen LogP contribution in [0.2, 0.25) is 0 Å². The lowest BCUT2D eigenvalue weighted by Crippen LogP contribution is -2.26. The summed E-state index contributed by atoms with van der Waals surface area (Å²) in [7, 11) is 3.28. The average molecular weight is 117 g/mol. The fraction of sp³-hybridized carbons (Fsp3) is 0.800. The Balaban J connectivity index is 3.21. The molecule has 1 atom stereocenters. The highest BCUT2D eigenvalue weighted by Gasteiger charge is 1.99. The van der Waals surface area contributed by atoms with E-state index in [1.54, 1.807) is 7.05 Å². The molecule has 3 nitrogen and oxygen atoms in total. The normalized spacial score (nSPS) is 13.2. The number of ether oxygens (including phenoxy) is 1. The van der Waals surface area contributed by atoms with Crippen molar-refractivity contribution in [2.24, 2.45) is 0 Å². The lowest BCUT2D eigenvalue weighted by molar-refractivity contribution is -0.116. The smallest absolute Gasteiger partial charge is 0.150 e. The molecule has 0 saturated carbocycles. The zero-order valence-corrected chi connectivity index (χ0v) is 5.18. The van der Waals surface area contributed by atoms with Gasteiger partial charge in [0, 0.05) is 13.7 Å². The van der Waals surface area contributed by atoms with E-state index in [1.807, 2.05) is 0 Å². The van der Waals surface area contributed by atoms with Crippen molar-refractivity contribution >= 4 is 6.29 Å². The van der Waals surface area contributed by atoms with Crippen molar-refractivity contribution in [3.8, 4) is 0 Å². The third kappa shape index (κ3) is 2.71. The van der Waals surface area contributed by atoms with Gasteiger partial charge in [0.2, 0.25) is 0 Å². The molecule has 0 aromatic heterocycles. The molecular weight excluding hydrogens is 106 g/mol. The Hall–Kier alpha value is -0.410. The number of likely N-dealkylation sites (N-methyl/N-ethyl adjacent to an activating group) is 1. The summed E-state index contributed by atoms with van der Waals surface area (Å²) in [5, 5.41) is 2.81. The number of hydrogen-bond acceptors (Lipinski definition) is 3. The van der Waals surface area contributed by atoms with Gasteiger partial charge in [-0.1, -0.05) is 0 Å². The molecule has 0 aromatic rings. The fourth-order valence-electron chi connectivity index (χ4n) is 0.388. The van der Waals surface area contributed by atoms with Crippen molar-refractivity contribution < 1.29 is 9.53 Å². The zero-order valence-electron chi connectivity index (χ0n) is 5.18. The Kier molecular flexibility index (Phi) is 4.50. The summed E-state index contributed by atoms with van der Waals surface area (Å²) in [6.07, 6.45) is 0.483. The second-order valence-corrected chi connectivity index (χ2v) is 1.47. The predicted octanol–water partition coefficient (Wildman–Crippen LogP) is -0.580. The highest BCUT2D eigenvalue weighted by molar-refractivity contribution is 5.56. The Bertz CT molecular complexity index is 65.4. The maximum absolute atomic E-state index is 9.96. The quantitative estimate of drug-likeness (QED) is 0.501. The first kappa shape index (κ1) is 7.59. The van der Waals surface area contributed by atoms with Gasteiger partial charge in [-0.3, -0.25) is 0 Å². The third-order valence-electron chi connectivity index (χ3n) is 0.860. The highest BCUT2D eigenvalue weighted by Crippen LogP contribution is 1.78. The number of aldehydes is 1. The fourth-order valence-corrected chi connectivity index (χ4v) is 0.388. The summed E-state index contributed by atoms with van der Waals surface area (Å²) in [5.74, 6) is 0. The molecule has 0 aliphatic heterocycles. The van der Waals surface area contributed by atoms with E-state index in [1.165, 1.54) is 7.11 Å². The van der Waals surface area contributed by atoms with Crippen molar-refractivity contribution in [3.63, 3.8) is 0 Å². The first-order chi connectivity index (χ1) is 3.85. The van der Waals surface area contributed by atoms with Crippen LogP contribution in [0, 0.1) is 0 Å². The van der Waals surface area contributed by atoms with Gasteiger partial charge in [-0.2, -0.15) is 0 Å². The molecule has 0 fully saturated rings.